The van der Waals surface area contributed by atoms with Crippen molar-refractivity contribution in [3.05, 3.63) is 0 Å². The van der Waals surface area contributed by atoms with Crippen molar-refractivity contribution in [3.63, 3.8) is 0 Å². The fourth-order valence-corrected chi connectivity index (χ4v) is 2.31. The molecular weight excluding hydrogens is 176 g/mol. The molecule has 0 N–H and O–H groups in total. The first-order valence-corrected chi connectivity index (χ1v) is 7.15. The Kier molecular flexibility index (Phi) is 12.7. The Morgan fingerprint density at radius 2 is 1.23 bits per heavy atom. The van der Waals surface area contributed by atoms with E-state index in [1.165, 1.54) is 62.9 Å². The Balaban J connectivity index is 2.76. The maximum absolute atomic E-state index is 2.28. The molecule has 1 heteroatoms. The molecule has 0 bridgehead atoms. The molecule has 0 fully saturated rings. The number of hydrogen-bond donors (Lipinski definition) is 0. The lowest BCUT2D eigenvalue weighted by Crippen LogP contribution is -1.84. The Morgan fingerprint density at radius 1 is 0.615 bits per heavy atom. The van der Waals surface area contributed by atoms with Crippen LogP contribution in [0.3, 0.4) is 0 Å². The van der Waals surface area contributed by atoms with Gasteiger partial charge in [-0.3, -0.25) is 0 Å². The number of hydrogen-bond acceptors (Lipinski definition) is 1. The maximum atomic E-state index is 2.28. The molecule has 0 aliphatic carbocycles. The van der Waals surface area contributed by atoms with Gasteiger partial charge in [0.05, 0.1) is 0 Å². The quantitative estimate of drug-likeness (QED) is 0.455. The molecule has 0 nitrogen and oxygen atoms in total. The van der Waals surface area contributed by atoms with Gasteiger partial charge in [0, 0.05) is 0 Å². The minimum absolute atomic E-state index is 1.33. The Morgan fingerprint density at radius 3 is 1.85 bits per heavy atom. The van der Waals surface area contributed by atoms with Crippen LogP contribution in [0.5, 0.6) is 0 Å². The Hall–Kier alpha value is 0.350. The fourth-order valence-electron chi connectivity index (χ4n) is 1.41. The third-order valence-electron chi connectivity index (χ3n) is 2.24. The van der Waals surface area contributed by atoms with Gasteiger partial charge in [-0.15, -0.1) is 0 Å². The van der Waals surface area contributed by atoms with Crippen LogP contribution >= 0.6 is 11.8 Å². The molecule has 0 atom stereocenters. The van der Waals surface area contributed by atoms with E-state index in [-0.39, 0.29) is 0 Å². The summed E-state index contributed by atoms with van der Waals surface area (Å²) in [5, 5.41) is 0. The van der Waals surface area contributed by atoms with E-state index in [4.69, 9.17) is 0 Å². The molecule has 80 valence electrons. The third-order valence-corrected chi connectivity index (χ3v) is 3.51. The van der Waals surface area contributed by atoms with E-state index < -0.39 is 0 Å². The highest BCUT2D eigenvalue weighted by Crippen LogP contribution is 2.10. The second-order valence-electron chi connectivity index (χ2n) is 3.73. The molecule has 0 aliphatic rings. The Labute approximate surface area is 88.9 Å². The van der Waals surface area contributed by atoms with Gasteiger partial charge in [0.25, 0.3) is 0 Å². The van der Waals surface area contributed by atoms with E-state index in [9.17, 15) is 0 Å². The highest BCUT2D eigenvalue weighted by Gasteiger charge is 1.91. The third kappa shape index (κ3) is 12.4. The second kappa shape index (κ2) is 12.3. The molecule has 0 aromatic rings. The topological polar surface area (TPSA) is 0 Å². The van der Waals surface area contributed by atoms with Gasteiger partial charge in [-0.2, -0.15) is 11.8 Å². The van der Waals surface area contributed by atoms with Crippen LogP contribution < -0.4 is 0 Å². The lowest BCUT2D eigenvalue weighted by atomic mass is 10.1. The van der Waals surface area contributed by atoms with Gasteiger partial charge >= 0.3 is 0 Å². The molecule has 0 unspecified atom stereocenters. The van der Waals surface area contributed by atoms with Crippen molar-refractivity contribution in [2.24, 2.45) is 0 Å². The van der Waals surface area contributed by atoms with E-state index in [0.717, 1.165) is 0 Å². The molecule has 0 aliphatic heterocycles. The molecule has 13 heavy (non-hydrogen) atoms. The molecule has 0 saturated heterocycles. The fraction of sp³-hybridized carbons (Fsp3) is 1.00. The monoisotopic (exact) mass is 202 g/mol. The SMILES string of the molecule is CCCCCCCCCSCCC. The van der Waals surface area contributed by atoms with Crippen molar-refractivity contribution in [2.45, 2.75) is 65.2 Å². The van der Waals surface area contributed by atoms with Crippen molar-refractivity contribution >= 4 is 11.8 Å². The summed E-state index contributed by atoms with van der Waals surface area (Å²) in [6.45, 7) is 4.54. The normalized spacial score (nSPS) is 10.6. The summed E-state index contributed by atoms with van der Waals surface area (Å²) in [7, 11) is 0. The van der Waals surface area contributed by atoms with Crippen LogP contribution in [-0.2, 0) is 0 Å². The molecule has 0 aromatic carbocycles. The lowest BCUT2D eigenvalue weighted by Gasteiger charge is -2.00. The van der Waals surface area contributed by atoms with Crippen LogP contribution in [0.1, 0.15) is 65.2 Å². The summed E-state index contributed by atoms with van der Waals surface area (Å²) in [5.74, 6) is 2.75. The van der Waals surface area contributed by atoms with Gasteiger partial charge in [-0.1, -0.05) is 52.4 Å². The van der Waals surface area contributed by atoms with Crippen LogP contribution in [0.2, 0.25) is 0 Å². The molecule has 0 heterocycles. The van der Waals surface area contributed by atoms with Crippen molar-refractivity contribution < 1.29 is 0 Å². The second-order valence-corrected chi connectivity index (χ2v) is 4.96. The van der Waals surface area contributed by atoms with Crippen LogP contribution in [-0.4, -0.2) is 11.5 Å². The molecule has 0 rings (SSSR count). The average molecular weight is 202 g/mol. The smallest absolute Gasteiger partial charge is 0.00675 e. The molecule has 0 spiro atoms. The average Bonchev–Trinajstić information content (AvgIpc) is 2.16. The minimum atomic E-state index is 1.33. The zero-order valence-corrected chi connectivity index (χ0v) is 10.3. The van der Waals surface area contributed by atoms with Gasteiger partial charge in [-0.25, -0.2) is 0 Å². The standard InChI is InChI=1S/C12H26S/c1-3-5-6-7-8-9-10-12-13-11-4-2/h3-12H2,1-2H3. The highest BCUT2D eigenvalue weighted by molar-refractivity contribution is 7.99. The van der Waals surface area contributed by atoms with Gasteiger partial charge in [0.2, 0.25) is 0 Å². The summed E-state index contributed by atoms with van der Waals surface area (Å²) in [6.07, 6.45) is 11.4. The Bertz CT molecular complexity index is 71.2. The zero-order chi connectivity index (χ0) is 9.78. The van der Waals surface area contributed by atoms with Crippen LogP contribution in [0.4, 0.5) is 0 Å². The van der Waals surface area contributed by atoms with Crippen molar-refractivity contribution in [3.8, 4) is 0 Å². The van der Waals surface area contributed by atoms with E-state index in [0.29, 0.717) is 0 Å². The molecule has 0 aromatic heterocycles. The van der Waals surface area contributed by atoms with Gasteiger partial charge in [0.1, 0.15) is 0 Å². The summed E-state index contributed by atoms with van der Waals surface area (Å²) in [5.41, 5.74) is 0. The van der Waals surface area contributed by atoms with Gasteiger partial charge < -0.3 is 0 Å². The first kappa shape index (κ1) is 13.4. The van der Waals surface area contributed by atoms with E-state index in [2.05, 4.69) is 25.6 Å². The summed E-state index contributed by atoms with van der Waals surface area (Å²) in [6, 6.07) is 0. The summed E-state index contributed by atoms with van der Waals surface area (Å²) in [4.78, 5) is 0. The first-order valence-electron chi connectivity index (χ1n) is 5.99. The predicted octanol–water partition coefficient (Wildman–Crippen LogP) is 4.88. The largest absolute Gasteiger partial charge is 0.162 e. The van der Waals surface area contributed by atoms with E-state index in [1.54, 1.807) is 0 Å². The molecule has 0 amide bonds. The molecule has 0 saturated carbocycles. The maximum Gasteiger partial charge on any atom is -0.00675 e. The predicted molar refractivity (Wildman–Crippen MR) is 65.6 cm³/mol. The van der Waals surface area contributed by atoms with Gasteiger partial charge in [-0.05, 0) is 24.3 Å². The lowest BCUT2D eigenvalue weighted by molar-refractivity contribution is 0.603. The van der Waals surface area contributed by atoms with E-state index >= 15 is 0 Å². The molecule has 0 radical (unpaired) electrons. The van der Waals surface area contributed by atoms with Crippen molar-refractivity contribution in [2.75, 3.05) is 11.5 Å². The van der Waals surface area contributed by atoms with Crippen LogP contribution in [0, 0.1) is 0 Å². The van der Waals surface area contributed by atoms with E-state index in [1.807, 2.05) is 0 Å². The number of thioether (sulfide) groups is 1. The number of unbranched alkanes of at least 4 members (excludes halogenated alkanes) is 6. The zero-order valence-electron chi connectivity index (χ0n) is 9.48. The van der Waals surface area contributed by atoms with Gasteiger partial charge in [0.15, 0.2) is 0 Å². The van der Waals surface area contributed by atoms with Crippen molar-refractivity contribution in [1.82, 2.24) is 0 Å². The van der Waals surface area contributed by atoms with Crippen molar-refractivity contribution in [1.29, 1.82) is 0 Å². The summed E-state index contributed by atoms with van der Waals surface area (Å²) >= 11 is 2.12. The highest BCUT2D eigenvalue weighted by atomic mass is 32.2. The molecular formula is C12H26S. The number of rotatable bonds is 10. The minimum Gasteiger partial charge on any atom is -0.162 e. The van der Waals surface area contributed by atoms with Crippen LogP contribution in [0.15, 0.2) is 0 Å². The first-order chi connectivity index (χ1) is 6.41. The summed E-state index contributed by atoms with van der Waals surface area (Å²) < 4.78 is 0. The van der Waals surface area contributed by atoms with Crippen LogP contribution in [0.25, 0.3) is 0 Å².